The summed E-state index contributed by atoms with van der Waals surface area (Å²) in [4.78, 5) is 13.4. The summed E-state index contributed by atoms with van der Waals surface area (Å²) in [5, 5.41) is 8.97. The van der Waals surface area contributed by atoms with E-state index in [0.717, 1.165) is 19.3 Å². The Labute approximate surface area is 91.5 Å². The van der Waals surface area contributed by atoms with Gasteiger partial charge in [0.15, 0.2) is 0 Å². The zero-order valence-electron chi connectivity index (χ0n) is 9.32. The van der Waals surface area contributed by atoms with Gasteiger partial charge in [-0.25, -0.2) is 0 Å². The maximum atomic E-state index is 10.9. The van der Waals surface area contributed by atoms with Crippen molar-refractivity contribution in [2.75, 3.05) is 13.1 Å². The first kappa shape index (κ1) is 10.9. The lowest BCUT2D eigenvalue weighted by atomic mass is 10.1. The highest BCUT2D eigenvalue weighted by molar-refractivity contribution is 5.70. The Bertz CT molecular complexity index is 222. The van der Waals surface area contributed by atoms with Crippen molar-refractivity contribution in [3.8, 4) is 0 Å². The van der Waals surface area contributed by atoms with Crippen molar-refractivity contribution < 1.29 is 9.90 Å². The van der Waals surface area contributed by atoms with Gasteiger partial charge in [-0.2, -0.15) is 0 Å². The third-order valence-corrected chi connectivity index (χ3v) is 3.91. The molecule has 0 amide bonds. The summed E-state index contributed by atoms with van der Waals surface area (Å²) >= 11 is 0. The maximum absolute atomic E-state index is 10.9. The van der Waals surface area contributed by atoms with E-state index in [4.69, 9.17) is 5.11 Å². The number of carbonyl (C=O) groups is 1. The molecular formula is C12H21NO2. The molecule has 1 N–H and O–H groups in total. The molecule has 1 aliphatic carbocycles. The smallest absolute Gasteiger partial charge is 0.306 e. The van der Waals surface area contributed by atoms with E-state index in [1.165, 1.54) is 38.8 Å². The SMILES string of the molecule is O=C(O)[C@@H]1CC[C@H](N2CCCCCC2)C1. The van der Waals surface area contributed by atoms with Gasteiger partial charge in [0.1, 0.15) is 0 Å². The zero-order valence-corrected chi connectivity index (χ0v) is 9.32. The molecule has 2 fully saturated rings. The summed E-state index contributed by atoms with van der Waals surface area (Å²) in [7, 11) is 0. The molecule has 0 aromatic rings. The molecule has 15 heavy (non-hydrogen) atoms. The number of likely N-dealkylation sites (tertiary alicyclic amines) is 1. The van der Waals surface area contributed by atoms with Crippen LogP contribution in [0, 0.1) is 5.92 Å². The topological polar surface area (TPSA) is 40.5 Å². The van der Waals surface area contributed by atoms with Gasteiger partial charge in [0.25, 0.3) is 0 Å². The van der Waals surface area contributed by atoms with E-state index in [2.05, 4.69) is 4.90 Å². The molecule has 2 rings (SSSR count). The molecule has 0 unspecified atom stereocenters. The number of nitrogens with zero attached hydrogens (tertiary/aromatic N) is 1. The monoisotopic (exact) mass is 211 g/mol. The van der Waals surface area contributed by atoms with E-state index in [1.54, 1.807) is 0 Å². The predicted octanol–water partition coefficient (Wildman–Crippen LogP) is 2.12. The van der Waals surface area contributed by atoms with Crippen LogP contribution in [0.25, 0.3) is 0 Å². The van der Waals surface area contributed by atoms with Crippen LogP contribution >= 0.6 is 0 Å². The molecule has 0 aromatic carbocycles. The van der Waals surface area contributed by atoms with Gasteiger partial charge in [0.2, 0.25) is 0 Å². The Morgan fingerprint density at radius 3 is 2.27 bits per heavy atom. The van der Waals surface area contributed by atoms with Crippen LogP contribution in [-0.2, 0) is 4.79 Å². The third-order valence-electron chi connectivity index (χ3n) is 3.91. The van der Waals surface area contributed by atoms with Crippen molar-refractivity contribution in [2.24, 2.45) is 5.92 Å². The van der Waals surface area contributed by atoms with Gasteiger partial charge in [-0.05, 0) is 45.2 Å². The maximum Gasteiger partial charge on any atom is 0.306 e. The molecule has 3 heteroatoms. The minimum atomic E-state index is -0.590. The summed E-state index contributed by atoms with van der Waals surface area (Å²) in [5.74, 6) is -0.662. The molecule has 2 aliphatic rings. The molecule has 0 aromatic heterocycles. The van der Waals surface area contributed by atoms with Gasteiger partial charge in [0, 0.05) is 6.04 Å². The average Bonchev–Trinajstić information content (AvgIpc) is 2.55. The second-order valence-electron chi connectivity index (χ2n) is 4.95. The first-order valence-electron chi connectivity index (χ1n) is 6.24. The number of carboxylic acids is 1. The summed E-state index contributed by atoms with van der Waals surface area (Å²) in [6.07, 6.45) is 8.17. The lowest BCUT2D eigenvalue weighted by Gasteiger charge is -2.27. The Balaban J connectivity index is 1.86. The summed E-state index contributed by atoms with van der Waals surface area (Å²) in [5.41, 5.74) is 0. The second-order valence-corrected chi connectivity index (χ2v) is 4.95. The Kier molecular flexibility index (Phi) is 3.62. The highest BCUT2D eigenvalue weighted by Crippen LogP contribution is 2.30. The summed E-state index contributed by atoms with van der Waals surface area (Å²) in [6, 6.07) is 0.559. The van der Waals surface area contributed by atoms with Crippen molar-refractivity contribution in [3.63, 3.8) is 0 Å². The molecule has 2 atom stereocenters. The Hall–Kier alpha value is -0.570. The average molecular weight is 211 g/mol. The minimum absolute atomic E-state index is 0.0711. The van der Waals surface area contributed by atoms with Crippen LogP contribution in [0.2, 0.25) is 0 Å². The second kappa shape index (κ2) is 4.97. The van der Waals surface area contributed by atoms with E-state index in [1.807, 2.05) is 0 Å². The molecule has 1 heterocycles. The van der Waals surface area contributed by atoms with Gasteiger partial charge in [0.05, 0.1) is 5.92 Å². The molecular weight excluding hydrogens is 190 g/mol. The van der Waals surface area contributed by atoms with E-state index in [9.17, 15) is 4.79 Å². The number of aliphatic carboxylic acids is 1. The molecule has 3 nitrogen and oxygen atoms in total. The van der Waals surface area contributed by atoms with Crippen LogP contribution in [0.5, 0.6) is 0 Å². The molecule has 0 bridgehead atoms. The van der Waals surface area contributed by atoms with Crippen molar-refractivity contribution in [2.45, 2.75) is 51.0 Å². The van der Waals surface area contributed by atoms with E-state index in [-0.39, 0.29) is 5.92 Å². The van der Waals surface area contributed by atoms with Gasteiger partial charge >= 0.3 is 5.97 Å². The fraction of sp³-hybridized carbons (Fsp3) is 0.917. The predicted molar refractivity (Wildman–Crippen MR) is 58.8 cm³/mol. The first-order valence-corrected chi connectivity index (χ1v) is 6.24. The largest absolute Gasteiger partial charge is 0.481 e. The number of carboxylic acid groups (broad SMARTS) is 1. The Morgan fingerprint density at radius 2 is 1.73 bits per heavy atom. The zero-order chi connectivity index (χ0) is 10.7. The fourth-order valence-electron chi connectivity index (χ4n) is 2.97. The van der Waals surface area contributed by atoms with E-state index in [0.29, 0.717) is 6.04 Å². The van der Waals surface area contributed by atoms with Crippen molar-refractivity contribution >= 4 is 5.97 Å². The number of hydrogen-bond acceptors (Lipinski definition) is 2. The van der Waals surface area contributed by atoms with Crippen LogP contribution in [0.1, 0.15) is 44.9 Å². The minimum Gasteiger partial charge on any atom is -0.481 e. The first-order chi connectivity index (χ1) is 7.27. The summed E-state index contributed by atoms with van der Waals surface area (Å²) in [6.45, 7) is 2.38. The van der Waals surface area contributed by atoms with Gasteiger partial charge in [-0.1, -0.05) is 12.8 Å². The molecule has 1 aliphatic heterocycles. The van der Waals surface area contributed by atoms with E-state index >= 15 is 0 Å². The molecule has 0 radical (unpaired) electrons. The molecule has 1 saturated carbocycles. The Morgan fingerprint density at radius 1 is 1.07 bits per heavy atom. The van der Waals surface area contributed by atoms with Gasteiger partial charge in [-0.3, -0.25) is 4.79 Å². The van der Waals surface area contributed by atoms with Crippen molar-refractivity contribution in [3.05, 3.63) is 0 Å². The van der Waals surface area contributed by atoms with Crippen LogP contribution in [0.3, 0.4) is 0 Å². The van der Waals surface area contributed by atoms with Crippen LogP contribution in [0.15, 0.2) is 0 Å². The highest BCUT2D eigenvalue weighted by atomic mass is 16.4. The van der Waals surface area contributed by atoms with Crippen LogP contribution < -0.4 is 0 Å². The lowest BCUT2D eigenvalue weighted by Crippen LogP contribution is -2.34. The molecule has 1 saturated heterocycles. The number of hydrogen-bond donors (Lipinski definition) is 1. The molecule has 0 spiro atoms. The van der Waals surface area contributed by atoms with Crippen molar-refractivity contribution in [1.82, 2.24) is 4.90 Å². The lowest BCUT2D eigenvalue weighted by molar-refractivity contribution is -0.141. The van der Waals surface area contributed by atoms with Gasteiger partial charge < -0.3 is 10.0 Å². The van der Waals surface area contributed by atoms with E-state index < -0.39 is 5.97 Å². The highest BCUT2D eigenvalue weighted by Gasteiger charge is 2.32. The van der Waals surface area contributed by atoms with Gasteiger partial charge in [-0.15, -0.1) is 0 Å². The molecule has 86 valence electrons. The fourth-order valence-corrected chi connectivity index (χ4v) is 2.97. The number of rotatable bonds is 2. The summed E-state index contributed by atoms with van der Waals surface area (Å²) < 4.78 is 0. The van der Waals surface area contributed by atoms with Crippen LogP contribution in [-0.4, -0.2) is 35.1 Å². The van der Waals surface area contributed by atoms with Crippen molar-refractivity contribution in [1.29, 1.82) is 0 Å². The quantitative estimate of drug-likeness (QED) is 0.760. The normalized spacial score (nSPS) is 33.9. The van der Waals surface area contributed by atoms with Crippen LogP contribution in [0.4, 0.5) is 0 Å². The standard InChI is InChI=1S/C12H21NO2/c14-12(15)10-5-6-11(9-10)13-7-3-1-2-4-8-13/h10-11H,1-9H2,(H,14,15)/t10-,11+/m1/s1. The third kappa shape index (κ3) is 2.71.